The summed E-state index contributed by atoms with van der Waals surface area (Å²) in [5.74, 6) is 0. The molecule has 0 saturated heterocycles. The largest absolute Gasteiger partial charge is 0.382 e. The summed E-state index contributed by atoms with van der Waals surface area (Å²) in [5.41, 5.74) is 6.48. The van der Waals surface area contributed by atoms with E-state index in [2.05, 4.69) is 10.3 Å². The molecule has 1 aromatic rings. The molecule has 1 aromatic heterocycles. The number of hydrogen-bond acceptors (Lipinski definition) is 6. The van der Waals surface area contributed by atoms with Crippen molar-refractivity contribution in [1.29, 1.82) is 0 Å². The maximum atomic E-state index is 5.69. The van der Waals surface area contributed by atoms with Crippen LogP contribution in [0, 0.1) is 0 Å². The molecule has 0 aromatic carbocycles. The van der Waals surface area contributed by atoms with Gasteiger partial charge in [-0.15, -0.1) is 5.10 Å². The fraction of sp³-hybridized carbons (Fsp3) is 0.818. The van der Waals surface area contributed by atoms with Gasteiger partial charge >= 0.3 is 0 Å². The molecule has 0 saturated carbocycles. The summed E-state index contributed by atoms with van der Waals surface area (Å²) in [6, 6.07) is -0.0890. The Kier molecular flexibility index (Phi) is 7.51. The summed E-state index contributed by atoms with van der Waals surface area (Å²) >= 11 is 0. The highest BCUT2D eigenvalue weighted by Gasteiger charge is 2.04. The summed E-state index contributed by atoms with van der Waals surface area (Å²) in [4.78, 5) is 0. The lowest BCUT2D eigenvalue weighted by Gasteiger charge is -2.05. The van der Waals surface area contributed by atoms with Crippen LogP contribution in [0.25, 0.3) is 0 Å². The Morgan fingerprint density at radius 3 is 2.50 bits per heavy atom. The monoisotopic (exact) mass is 258 g/mol. The van der Waals surface area contributed by atoms with Gasteiger partial charge in [0.05, 0.1) is 51.5 Å². The van der Waals surface area contributed by atoms with Gasteiger partial charge in [0.1, 0.15) is 0 Å². The molecule has 7 heteroatoms. The molecule has 0 aliphatic carbocycles. The van der Waals surface area contributed by atoms with Crippen LogP contribution in [0.3, 0.4) is 0 Å². The lowest BCUT2D eigenvalue weighted by atomic mass is 10.3. The molecule has 2 N–H and O–H groups in total. The normalized spacial score (nSPS) is 12.8. The molecule has 7 nitrogen and oxygen atoms in total. The fourth-order valence-corrected chi connectivity index (χ4v) is 1.25. The van der Waals surface area contributed by atoms with Gasteiger partial charge in [0.2, 0.25) is 0 Å². The second kappa shape index (κ2) is 8.98. The zero-order valence-electron chi connectivity index (χ0n) is 11.0. The average molecular weight is 258 g/mol. The molecule has 0 spiro atoms. The van der Waals surface area contributed by atoms with Gasteiger partial charge in [-0.2, -0.15) is 0 Å². The van der Waals surface area contributed by atoms with Crippen molar-refractivity contribution in [3.05, 3.63) is 11.9 Å². The molecular weight excluding hydrogens is 236 g/mol. The van der Waals surface area contributed by atoms with E-state index < -0.39 is 0 Å². The maximum absolute atomic E-state index is 5.69. The number of methoxy groups -OCH3 is 1. The topological polar surface area (TPSA) is 84.4 Å². The number of hydrogen-bond donors (Lipinski definition) is 1. The van der Waals surface area contributed by atoms with Gasteiger partial charge in [-0.25, -0.2) is 4.68 Å². The molecule has 0 aliphatic rings. The predicted molar refractivity (Wildman–Crippen MR) is 66.1 cm³/mol. The molecule has 0 radical (unpaired) electrons. The standard InChI is InChI=1S/C11H22N4O3/c1-10(12)11-9-15(14-13-11)3-4-17-7-8-18-6-5-16-2/h9-10H,3-8,12H2,1-2H3. The minimum Gasteiger partial charge on any atom is -0.382 e. The minimum absolute atomic E-state index is 0.0890. The number of aromatic nitrogens is 3. The van der Waals surface area contributed by atoms with E-state index in [1.807, 2.05) is 13.1 Å². The number of rotatable bonds is 10. The number of ether oxygens (including phenoxy) is 3. The van der Waals surface area contributed by atoms with E-state index in [1.54, 1.807) is 11.8 Å². The smallest absolute Gasteiger partial charge is 0.0991 e. The Labute approximate surface area is 107 Å². The SMILES string of the molecule is COCCOCCOCCn1cc(C(C)N)nn1. The van der Waals surface area contributed by atoms with E-state index in [1.165, 1.54) is 0 Å². The quantitative estimate of drug-likeness (QED) is 0.594. The van der Waals surface area contributed by atoms with E-state index in [0.29, 0.717) is 39.6 Å². The molecule has 0 fully saturated rings. The van der Waals surface area contributed by atoms with Gasteiger partial charge in [0, 0.05) is 13.2 Å². The van der Waals surface area contributed by atoms with Gasteiger partial charge in [-0.05, 0) is 6.92 Å². The van der Waals surface area contributed by atoms with E-state index in [0.717, 1.165) is 5.69 Å². The first-order chi connectivity index (χ1) is 8.74. The van der Waals surface area contributed by atoms with E-state index in [4.69, 9.17) is 19.9 Å². The molecular formula is C11H22N4O3. The second-order valence-corrected chi connectivity index (χ2v) is 3.91. The minimum atomic E-state index is -0.0890. The zero-order valence-corrected chi connectivity index (χ0v) is 11.0. The van der Waals surface area contributed by atoms with Crippen molar-refractivity contribution in [2.45, 2.75) is 19.5 Å². The fourth-order valence-electron chi connectivity index (χ4n) is 1.25. The molecule has 1 unspecified atom stereocenters. The number of nitrogens with two attached hydrogens (primary N) is 1. The van der Waals surface area contributed by atoms with Crippen molar-refractivity contribution in [2.24, 2.45) is 5.73 Å². The molecule has 1 atom stereocenters. The van der Waals surface area contributed by atoms with Gasteiger partial charge < -0.3 is 19.9 Å². The van der Waals surface area contributed by atoms with Crippen molar-refractivity contribution < 1.29 is 14.2 Å². The molecule has 1 rings (SSSR count). The second-order valence-electron chi connectivity index (χ2n) is 3.91. The maximum Gasteiger partial charge on any atom is 0.0991 e. The first-order valence-corrected chi connectivity index (χ1v) is 6.04. The Hall–Kier alpha value is -1.02. The van der Waals surface area contributed by atoms with E-state index >= 15 is 0 Å². The van der Waals surface area contributed by atoms with Crippen molar-refractivity contribution in [3.8, 4) is 0 Å². The summed E-state index contributed by atoms with van der Waals surface area (Å²) in [5, 5.41) is 7.91. The summed E-state index contributed by atoms with van der Waals surface area (Å²) in [7, 11) is 1.65. The lowest BCUT2D eigenvalue weighted by Crippen LogP contribution is -2.12. The van der Waals surface area contributed by atoms with Crippen LogP contribution in [-0.4, -0.2) is 55.1 Å². The molecule has 1 heterocycles. The van der Waals surface area contributed by atoms with Crippen molar-refractivity contribution in [3.63, 3.8) is 0 Å². The molecule has 104 valence electrons. The van der Waals surface area contributed by atoms with Gasteiger partial charge in [0.25, 0.3) is 0 Å². The van der Waals surface area contributed by atoms with Crippen LogP contribution >= 0.6 is 0 Å². The van der Waals surface area contributed by atoms with Gasteiger partial charge in [0.15, 0.2) is 0 Å². The zero-order chi connectivity index (χ0) is 13.2. The van der Waals surface area contributed by atoms with E-state index in [-0.39, 0.29) is 6.04 Å². The molecule has 0 aliphatic heterocycles. The molecule has 0 amide bonds. The van der Waals surface area contributed by atoms with Crippen LogP contribution in [-0.2, 0) is 20.8 Å². The Morgan fingerprint density at radius 2 is 1.89 bits per heavy atom. The highest BCUT2D eigenvalue weighted by atomic mass is 16.5. The van der Waals surface area contributed by atoms with Crippen LogP contribution in [0.15, 0.2) is 6.20 Å². The van der Waals surface area contributed by atoms with Gasteiger partial charge in [-0.1, -0.05) is 5.21 Å². The first-order valence-electron chi connectivity index (χ1n) is 6.04. The van der Waals surface area contributed by atoms with Crippen molar-refractivity contribution in [2.75, 3.05) is 40.1 Å². The Bertz CT molecular complexity index is 317. The van der Waals surface area contributed by atoms with Crippen molar-refractivity contribution >= 4 is 0 Å². The summed E-state index contributed by atoms with van der Waals surface area (Å²) < 4.78 is 17.2. The highest BCUT2D eigenvalue weighted by Crippen LogP contribution is 2.02. The van der Waals surface area contributed by atoms with E-state index in [9.17, 15) is 0 Å². The average Bonchev–Trinajstić information content (AvgIpc) is 2.81. The molecule has 0 bridgehead atoms. The summed E-state index contributed by atoms with van der Waals surface area (Å²) in [6.07, 6.45) is 1.84. The Balaban J connectivity index is 2.00. The van der Waals surface area contributed by atoms with Gasteiger partial charge in [-0.3, -0.25) is 0 Å². The highest BCUT2D eigenvalue weighted by molar-refractivity contribution is 4.97. The van der Waals surface area contributed by atoms with Crippen LogP contribution in [0.4, 0.5) is 0 Å². The third-order valence-corrected chi connectivity index (χ3v) is 2.29. The third-order valence-electron chi connectivity index (χ3n) is 2.29. The molecule has 18 heavy (non-hydrogen) atoms. The first kappa shape index (κ1) is 15.0. The number of nitrogens with zero attached hydrogens (tertiary/aromatic N) is 3. The summed E-state index contributed by atoms with van der Waals surface area (Å²) in [6.45, 7) is 5.47. The third kappa shape index (κ3) is 6.06. The van der Waals surface area contributed by atoms with Crippen LogP contribution < -0.4 is 5.73 Å². The lowest BCUT2D eigenvalue weighted by molar-refractivity contribution is 0.0224. The van der Waals surface area contributed by atoms with Crippen LogP contribution in [0.2, 0.25) is 0 Å². The Morgan fingerprint density at radius 1 is 1.22 bits per heavy atom. The van der Waals surface area contributed by atoms with Crippen LogP contribution in [0.1, 0.15) is 18.7 Å². The predicted octanol–water partition coefficient (Wildman–Crippen LogP) is -0.0226. The van der Waals surface area contributed by atoms with Crippen molar-refractivity contribution in [1.82, 2.24) is 15.0 Å². The van der Waals surface area contributed by atoms with Crippen LogP contribution in [0.5, 0.6) is 0 Å².